The number of hydrogen-bond acceptors (Lipinski definition) is 5. The van der Waals surface area contributed by atoms with Crippen molar-refractivity contribution in [3.05, 3.63) is 17.0 Å². The molecular formula is C11H14ClN3O2. The van der Waals surface area contributed by atoms with Crippen molar-refractivity contribution in [2.75, 3.05) is 25.1 Å². The van der Waals surface area contributed by atoms with Gasteiger partial charge in [-0.1, -0.05) is 11.6 Å². The number of anilines is 1. The number of esters is 1. The zero-order chi connectivity index (χ0) is 12.4. The number of rotatable bonds is 2. The van der Waals surface area contributed by atoms with Gasteiger partial charge in [-0.3, -0.25) is 4.79 Å². The van der Waals surface area contributed by atoms with E-state index in [0.717, 1.165) is 18.8 Å². The molecule has 0 saturated carbocycles. The normalized spacial score (nSPS) is 19.5. The van der Waals surface area contributed by atoms with Crippen molar-refractivity contribution in [2.45, 2.75) is 13.3 Å². The third-order valence-corrected chi connectivity index (χ3v) is 3.03. The van der Waals surface area contributed by atoms with Crippen LogP contribution in [0.15, 0.2) is 6.07 Å². The predicted molar refractivity (Wildman–Crippen MR) is 64.1 cm³/mol. The summed E-state index contributed by atoms with van der Waals surface area (Å²) in [4.78, 5) is 21.8. The van der Waals surface area contributed by atoms with Crippen LogP contribution in [-0.2, 0) is 9.53 Å². The molecule has 0 aromatic carbocycles. The minimum absolute atomic E-state index is 0.0750. The van der Waals surface area contributed by atoms with Gasteiger partial charge < -0.3 is 9.64 Å². The molecule has 1 saturated heterocycles. The minimum Gasteiger partial charge on any atom is -0.469 e. The fraction of sp³-hybridized carbons (Fsp3) is 0.545. The van der Waals surface area contributed by atoms with Gasteiger partial charge in [0, 0.05) is 19.2 Å². The molecule has 1 aliphatic rings. The van der Waals surface area contributed by atoms with Gasteiger partial charge in [0.15, 0.2) is 0 Å². The maximum atomic E-state index is 11.4. The fourth-order valence-corrected chi connectivity index (χ4v) is 2.23. The summed E-state index contributed by atoms with van der Waals surface area (Å²) in [7, 11) is 1.41. The molecule has 2 heterocycles. The first-order valence-electron chi connectivity index (χ1n) is 5.44. The van der Waals surface area contributed by atoms with Gasteiger partial charge in [-0.05, 0) is 13.3 Å². The summed E-state index contributed by atoms with van der Waals surface area (Å²) >= 11 is 5.89. The monoisotopic (exact) mass is 255 g/mol. The Bertz CT molecular complexity index is 418. The second-order valence-electron chi connectivity index (χ2n) is 4.05. The van der Waals surface area contributed by atoms with Crippen LogP contribution in [0.25, 0.3) is 0 Å². The number of aromatic nitrogens is 2. The van der Waals surface area contributed by atoms with Crippen LogP contribution in [0, 0.1) is 12.8 Å². The molecule has 0 spiro atoms. The fourth-order valence-electron chi connectivity index (χ4n) is 2.01. The Labute approximate surface area is 105 Å². The number of carbonyl (C=O) groups excluding carboxylic acids is 1. The van der Waals surface area contributed by atoms with Crippen molar-refractivity contribution < 1.29 is 9.53 Å². The SMILES string of the molecule is COC(=O)[C@H]1CCN(c2cc(Cl)nc(C)n2)C1. The summed E-state index contributed by atoms with van der Waals surface area (Å²) < 4.78 is 4.74. The Morgan fingerprint density at radius 2 is 2.35 bits per heavy atom. The Balaban J connectivity index is 2.12. The molecule has 1 aliphatic heterocycles. The number of hydrogen-bond donors (Lipinski definition) is 0. The van der Waals surface area contributed by atoms with Crippen LogP contribution in [0.1, 0.15) is 12.2 Å². The quantitative estimate of drug-likeness (QED) is 0.591. The van der Waals surface area contributed by atoms with E-state index in [4.69, 9.17) is 16.3 Å². The topological polar surface area (TPSA) is 55.3 Å². The molecule has 0 bridgehead atoms. The molecule has 92 valence electrons. The molecule has 6 heteroatoms. The maximum Gasteiger partial charge on any atom is 0.310 e. The van der Waals surface area contributed by atoms with E-state index >= 15 is 0 Å². The average molecular weight is 256 g/mol. The molecular weight excluding hydrogens is 242 g/mol. The molecule has 0 N–H and O–H groups in total. The van der Waals surface area contributed by atoms with Crippen LogP contribution < -0.4 is 4.90 Å². The first kappa shape index (κ1) is 12.1. The molecule has 1 aromatic heterocycles. The van der Waals surface area contributed by atoms with Crippen molar-refractivity contribution in [1.29, 1.82) is 0 Å². The lowest BCUT2D eigenvalue weighted by Gasteiger charge is -2.17. The highest BCUT2D eigenvalue weighted by atomic mass is 35.5. The van der Waals surface area contributed by atoms with Crippen LogP contribution in [0.3, 0.4) is 0 Å². The number of methoxy groups -OCH3 is 1. The van der Waals surface area contributed by atoms with Crippen LogP contribution in [-0.4, -0.2) is 36.1 Å². The molecule has 0 amide bonds. The zero-order valence-electron chi connectivity index (χ0n) is 9.81. The number of ether oxygens (including phenoxy) is 1. The van der Waals surface area contributed by atoms with Crippen molar-refractivity contribution >= 4 is 23.4 Å². The van der Waals surface area contributed by atoms with Crippen LogP contribution in [0.5, 0.6) is 0 Å². The lowest BCUT2D eigenvalue weighted by molar-refractivity contribution is -0.144. The van der Waals surface area contributed by atoms with E-state index < -0.39 is 0 Å². The molecule has 17 heavy (non-hydrogen) atoms. The van der Waals surface area contributed by atoms with Gasteiger partial charge in [-0.2, -0.15) is 0 Å². The van der Waals surface area contributed by atoms with Gasteiger partial charge in [0.25, 0.3) is 0 Å². The predicted octanol–water partition coefficient (Wildman–Crippen LogP) is 1.44. The Morgan fingerprint density at radius 1 is 1.59 bits per heavy atom. The summed E-state index contributed by atoms with van der Waals surface area (Å²) in [6.45, 7) is 3.20. The maximum absolute atomic E-state index is 11.4. The molecule has 0 radical (unpaired) electrons. The molecule has 2 rings (SSSR count). The van der Waals surface area contributed by atoms with E-state index in [9.17, 15) is 4.79 Å². The van der Waals surface area contributed by atoms with Crippen molar-refractivity contribution in [3.63, 3.8) is 0 Å². The smallest absolute Gasteiger partial charge is 0.310 e. The van der Waals surface area contributed by atoms with Crippen LogP contribution in [0.4, 0.5) is 5.82 Å². The summed E-state index contributed by atoms with van der Waals surface area (Å²) in [6.07, 6.45) is 0.785. The summed E-state index contributed by atoms with van der Waals surface area (Å²) in [5.41, 5.74) is 0. The van der Waals surface area contributed by atoms with Gasteiger partial charge in [0.05, 0.1) is 13.0 Å². The first-order chi connectivity index (χ1) is 8.10. The van der Waals surface area contributed by atoms with E-state index in [1.54, 1.807) is 13.0 Å². The molecule has 1 atom stereocenters. The van der Waals surface area contributed by atoms with Crippen LogP contribution in [0.2, 0.25) is 5.15 Å². The molecule has 1 aromatic rings. The van der Waals surface area contributed by atoms with E-state index in [-0.39, 0.29) is 11.9 Å². The summed E-state index contributed by atoms with van der Waals surface area (Å²) in [5, 5.41) is 0.425. The highest BCUT2D eigenvalue weighted by Gasteiger charge is 2.29. The van der Waals surface area contributed by atoms with E-state index in [1.807, 2.05) is 4.90 Å². The van der Waals surface area contributed by atoms with E-state index in [1.165, 1.54) is 7.11 Å². The van der Waals surface area contributed by atoms with Gasteiger partial charge in [0.2, 0.25) is 0 Å². The molecule has 0 unspecified atom stereocenters. The number of halogens is 1. The number of carbonyl (C=O) groups is 1. The molecule has 1 fully saturated rings. The molecule has 0 aliphatic carbocycles. The Kier molecular flexibility index (Phi) is 3.47. The van der Waals surface area contributed by atoms with E-state index in [0.29, 0.717) is 17.5 Å². The van der Waals surface area contributed by atoms with Crippen molar-refractivity contribution in [1.82, 2.24) is 9.97 Å². The zero-order valence-corrected chi connectivity index (χ0v) is 10.6. The van der Waals surface area contributed by atoms with Crippen molar-refractivity contribution in [2.24, 2.45) is 5.92 Å². The second kappa shape index (κ2) is 4.87. The second-order valence-corrected chi connectivity index (χ2v) is 4.44. The van der Waals surface area contributed by atoms with Crippen LogP contribution >= 0.6 is 11.6 Å². The van der Waals surface area contributed by atoms with E-state index in [2.05, 4.69) is 9.97 Å². The molecule has 5 nitrogen and oxygen atoms in total. The summed E-state index contributed by atoms with van der Waals surface area (Å²) in [5.74, 6) is 1.17. The van der Waals surface area contributed by atoms with Crippen molar-refractivity contribution in [3.8, 4) is 0 Å². The number of aryl methyl sites for hydroxylation is 1. The van der Waals surface area contributed by atoms with Gasteiger partial charge in [-0.15, -0.1) is 0 Å². The first-order valence-corrected chi connectivity index (χ1v) is 5.82. The van der Waals surface area contributed by atoms with Gasteiger partial charge in [0.1, 0.15) is 16.8 Å². The average Bonchev–Trinajstić information content (AvgIpc) is 2.76. The highest BCUT2D eigenvalue weighted by molar-refractivity contribution is 6.29. The number of nitrogens with zero attached hydrogens (tertiary/aromatic N) is 3. The highest BCUT2D eigenvalue weighted by Crippen LogP contribution is 2.24. The van der Waals surface area contributed by atoms with Gasteiger partial charge >= 0.3 is 5.97 Å². The largest absolute Gasteiger partial charge is 0.469 e. The lowest BCUT2D eigenvalue weighted by atomic mass is 10.1. The lowest BCUT2D eigenvalue weighted by Crippen LogP contribution is -2.24. The Morgan fingerprint density at radius 3 is 3.00 bits per heavy atom. The third-order valence-electron chi connectivity index (χ3n) is 2.84. The third kappa shape index (κ3) is 2.66. The Hall–Kier alpha value is -1.36. The standard InChI is InChI=1S/C11H14ClN3O2/c1-7-13-9(12)5-10(14-7)15-4-3-8(6-15)11(16)17-2/h5,8H,3-4,6H2,1-2H3/t8-/m0/s1. The van der Waals surface area contributed by atoms with Gasteiger partial charge in [-0.25, -0.2) is 9.97 Å². The summed E-state index contributed by atoms with van der Waals surface area (Å²) in [6, 6.07) is 1.72. The minimum atomic E-state index is -0.163.